The number of nitrogens with zero attached hydrogens (tertiary/aromatic N) is 1. The molecule has 0 aliphatic heterocycles. The fraction of sp³-hybridized carbons (Fsp3) is 0.294. The van der Waals surface area contributed by atoms with Gasteiger partial charge in [-0.15, -0.1) is 0 Å². The van der Waals surface area contributed by atoms with Crippen molar-refractivity contribution < 1.29 is 0 Å². The number of hydrogen-bond acceptors (Lipinski definition) is 2. The molecule has 2 rings (SSSR count). The lowest BCUT2D eigenvalue weighted by Gasteiger charge is -2.29. The second-order valence-corrected chi connectivity index (χ2v) is 5.93. The van der Waals surface area contributed by atoms with E-state index in [1.165, 1.54) is 5.56 Å². The molecule has 1 unspecified atom stereocenters. The van der Waals surface area contributed by atoms with Crippen molar-refractivity contribution >= 4 is 23.2 Å². The lowest BCUT2D eigenvalue weighted by Crippen LogP contribution is -2.31. The summed E-state index contributed by atoms with van der Waals surface area (Å²) in [6.07, 6.45) is 0. The van der Waals surface area contributed by atoms with Crippen molar-refractivity contribution in [2.24, 2.45) is 5.73 Å². The van der Waals surface area contributed by atoms with Crippen molar-refractivity contribution in [3.8, 4) is 0 Å². The lowest BCUT2D eigenvalue weighted by molar-refractivity contribution is 0.207. The Labute approximate surface area is 136 Å². The van der Waals surface area contributed by atoms with Crippen LogP contribution in [-0.4, -0.2) is 18.0 Å². The fourth-order valence-electron chi connectivity index (χ4n) is 2.43. The van der Waals surface area contributed by atoms with Crippen molar-refractivity contribution in [2.45, 2.75) is 19.5 Å². The number of hydrogen-bond donors (Lipinski definition) is 1. The fourth-order valence-corrected chi connectivity index (χ4v) is 3.00. The van der Waals surface area contributed by atoms with E-state index in [-0.39, 0.29) is 6.04 Å². The summed E-state index contributed by atoms with van der Waals surface area (Å²) in [5, 5.41) is 1.36. The van der Waals surface area contributed by atoms with Gasteiger partial charge in [0.1, 0.15) is 0 Å². The van der Waals surface area contributed by atoms with Crippen LogP contribution in [0, 0.1) is 0 Å². The van der Waals surface area contributed by atoms with Crippen molar-refractivity contribution in [3.63, 3.8) is 0 Å². The number of nitrogens with two attached hydrogens (primary N) is 1. The molecule has 21 heavy (non-hydrogen) atoms. The first-order valence-electron chi connectivity index (χ1n) is 7.05. The number of halogens is 2. The number of rotatable bonds is 6. The summed E-state index contributed by atoms with van der Waals surface area (Å²) in [6.45, 7) is 4.42. The zero-order chi connectivity index (χ0) is 15.2. The molecule has 0 heterocycles. The van der Waals surface area contributed by atoms with E-state index in [2.05, 4.69) is 36.1 Å². The summed E-state index contributed by atoms with van der Waals surface area (Å²) in [5.41, 5.74) is 8.11. The maximum absolute atomic E-state index is 6.33. The van der Waals surface area contributed by atoms with Gasteiger partial charge in [0.25, 0.3) is 0 Å². The predicted octanol–water partition coefficient (Wildman–Crippen LogP) is 4.52. The van der Waals surface area contributed by atoms with Crippen LogP contribution in [-0.2, 0) is 6.54 Å². The molecular weight excluding hydrogens is 303 g/mol. The monoisotopic (exact) mass is 322 g/mol. The van der Waals surface area contributed by atoms with E-state index in [0.29, 0.717) is 16.6 Å². The van der Waals surface area contributed by atoms with E-state index in [1.54, 1.807) is 6.07 Å². The Morgan fingerprint density at radius 1 is 1.10 bits per heavy atom. The van der Waals surface area contributed by atoms with E-state index in [1.807, 2.05) is 18.2 Å². The summed E-state index contributed by atoms with van der Waals surface area (Å²) < 4.78 is 0. The molecule has 0 bridgehead atoms. The molecule has 0 aliphatic rings. The van der Waals surface area contributed by atoms with Gasteiger partial charge in [-0.2, -0.15) is 0 Å². The van der Waals surface area contributed by atoms with E-state index >= 15 is 0 Å². The van der Waals surface area contributed by atoms with Crippen LogP contribution in [0.4, 0.5) is 0 Å². The van der Waals surface area contributed by atoms with Crippen LogP contribution in [0.1, 0.15) is 24.1 Å². The van der Waals surface area contributed by atoms with E-state index < -0.39 is 0 Å². The second kappa shape index (κ2) is 7.81. The third-order valence-corrected chi connectivity index (χ3v) is 4.17. The zero-order valence-electron chi connectivity index (χ0n) is 12.1. The summed E-state index contributed by atoms with van der Waals surface area (Å²) in [4.78, 5) is 2.32. The molecule has 0 radical (unpaired) electrons. The standard InChI is InChI=1S/C17H20Cl2N2/c1-13(16-8-7-15(18)11-17(16)19)21(10-9-20)12-14-5-3-2-4-6-14/h2-8,11,13H,9-10,12,20H2,1H3. The quantitative estimate of drug-likeness (QED) is 0.847. The van der Waals surface area contributed by atoms with Gasteiger partial charge in [-0.3, -0.25) is 4.90 Å². The molecule has 0 aromatic heterocycles. The largest absolute Gasteiger partial charge is 0.329 e. The highest BCUT2D eigenvalue weighted by molar-refractivity contribution is 6.35. The van der Waals surface area contributed by atoms with Gasteiger partial charge in [0.15, 0.2) is 0 Å². The van der Waals surface area contributed by atoms with Crippen LogP contribution >= 0.6 is 23.2 Å². The summed E-state index contributed by atoms with van der Waals surface area (Å²) in [7, 11) is 0. The Morgan fingerprint density at radius 3 is 2.43 bits per heavy atom. The van der Waals surface area contributed by atoms with Gasteiger partial charge in [0, 0.05) is 35.7 Å². The normalized spacial score (nSPS) is 12.6. The third kappa shape index (κ3) is 4.45. The summed E-state index contributed by atoms with van der Waals surface area (Å²) in [6, 6.07) is 16.2. The van der Waals surface area contributed by atoms with Crippen LogP contribution < -0.4 is 5.73 Å². The lowest BCUT2D eigenvalue weighted by atomic mass is 10.1. The molecule has 0 fully saturated rings. The van der Waals surface area contributed by atoms with Crippen molar-refractivity contribution in [1.82, 2.24) is 4.90 Å². The zero-order valence-corrected chi connectivity index (χ0v) is 13.6. The maximum Gasteiger partial charge on any atom is 0.0468 e. The molecular formula is C17H20Cl2N2. The van der Waals surface area contributed by atoms with Crippen LogP contribution in [0.25, 0.3) is 0 Å². The smallest absolute Gasteiger partial charge is 0.0468 e. The Morgan fingerprint density at radius 2 is 1.81 bits per heavy atom. The first kappa shape index (κ1) is 16.3. The molecule has 0 saturated heterocycles. The molecule has 0 saturated carbocycles. The molecule has 0 aliphatic carbocycles. The van der Waals surface area contributed by atoms with Crippen molar-refractivity contribution in [1.29, 1.82) is 0 Å². The topological polar surface area (TPSA) is 29.3 Å². The SMILES string of the molecule is CC(c1ccc(Cl)cc1Cl)N(CCN)Cc1ccccc1. The predicted molar refractivity (Wildman–Crippen MR) is 90.8 cm³/mol. The van der Waals surface area contributed by atoms with Crippen LogP contribution in [0.5, 0.6) is 0 Å². The Bertz CT molecular complexity index is 572. The first-order chi connectivity index (χ1) is 10.1. The minimum atomic E-state index is 0.179. The molecule has 4 heteroatoms. The first-order valence-corrected chi connectivity index (χ1v) is 7.80. The molecule has 2 aromatic carbocycles. The van der Waals surface area contributed by atoms with Crippen LogP contribution in [0.2, 0.25) is 10.0 Å². The molecule has 2 nitrogen and oxygen atoms in total. The average molecular weight is 323 g/mol. The molecule has 0 spiro atoms. The molecule has 112 valence electrons. The van der Waals surface area contributed by atoms with Gasteiger partial charge in [-0.05, 0) is 30.2 Å². The van der Waals surface area contributed by atoms with E-state index in [9.17, 15) is 0 Å². The third-order valence-electron chi connectivity index (χ3n) is 3.61. The number of benzene rings is 2. The molecule has 0 amide bonds. The minimum Gasteiger partial charge on any atom is -0.329 e. The molecule has 1 atom stereocenters. The van der Waals surface area contributed by atoms with E-state index in [4.69, 9.17) is 28.9 Å². The van der Waals surface area contributed by atoms with Crippen molar-refractivity contribution in [2.75, 3.05) is 13.1 Å². The van der Waals surface area contributed by atoms with Gasteiger partial charge in [-0.25, -0.2) is 0 Å². The average Bonchev–Trinajstić information content (AvgIpc) is 2.47. The molecule has 2 aromatic rings. The molecule has 2 N–H and O–H groups in total. The summed E-state index contributed by atoms with van der Waals surface area (Å²) in [5.74, 6) is 0. The van der Waals surface area contributed by atoms with Gasteiger partial charge in [0.2, 0.25) is 0 Å². The van der Waals surface area contributed by atoms with E-state index in [0.717, 1.165) is 18.7 Å². The van der Waals surface area contributed by atoms with Gasteiger partial charge >= 0.3 is 0 Å². The Balaban J connectivity index is 2.20. The summed E-state index contributed by atoms with van der Waals surface area (Å²) >= 11 is 12.3. The minimum absolute atomic E-state index is 0.179. The van der Waals surface area contributed by atoms with Crippen LogP contribution in [0.15, 0.2) is 48.5 Å². The Hall–Kier alpha value is -1.06. The van der Waals surface area contributed by atoms with Gasteiger partial charge in [0.05, 0.1) is 0 Å². The van der Waals surface area contributed by atoms with Crippen LogP contribution in [0.3, 0.4) is 0 Å². The maximum atomic E-state index is 6.33. The highest BCUT2D eigenvalue weighted by atomic mass is 35.5. The highest BCUT2D eigenvalue weighted by Gasteiger charge is 2.18. The second-order valence-electron chi connectivity index (χ2n) is 5.09. The van der Waals surface area contributed by atoms with Crippen molar-refractivity contribution in [3.05, 3.63) is 69.7 Å². The van der Waals surface area contributed by atoms with Gasteiger partial charge in [-0.1, -0.05) is 59.6 Å². The van der Waals surface area contributed by atoms with Gasteiger partial charge < -0.3 is 5.73 Å². The highest BCUT2D eigenvalue weighted by Crippen LogP contribution is 2.30. The Kier molecular flexibility index (Phi) is 6.07.